The number of piperazine rings is 1. The fourth-order valence-corrected chi connectivity index (χ4v) is 4.58. The monoisotopic (exact) mass is 265 g/mol. The number of hydrogen-bond acceptors (Lipinski definition) is 3. The van der Waals surface area contributed by atoms with Gasteiger partial charge in [0.15, 0.2) is 0 Å². The molecule has 0 spiro atoms. The predicted molar refractivity (Wildman–Crippen MR) is 80.3 cm³/mol. The second-order valence-electron chi connectivity index (χ2n) is 7.23. The molecule has 0 amide bonds. The molecule has 3 fully saturated rings. The molecule has 3 aliphatic rings. The van der Waals surface area contributed by atoms with Crippen LogP contribution >= 0.6 is 0 Å². The van der Waals surface area contributed by atoms with E-state index >= 15 is 0 Å². The summed E-state index contributed by atoms with van der Waals surface area (Å²) in [6.07, 6.45) is 6.08. The van der Waals surface area contributed by atoms with Crippen LogP contribution in [0.15, 0.2) is 0 Å². The molecule has 1 N–H and O–H groups in total. The zero-order valence-corrected chi connectivity index (χ0v) is 12.8. The fourth-order valence-electron chi connectivity index (χ4n) is 4.58. The third-order valence-electron chi connectivity index (χ3n) is 5.93. The highest BCUT2D eigenvalue weighted by molar-refractivity contribution is 4.94. The summed E-state index contributed by atoms with van der Waals surface area (Å²) in [5.74, 6) is 3.11. The van der Waals surface area contributed by atoms with Gasteiger partial charge < -0.3 is 10.2 Å². The molecular formula is C16H31N3. The van der Waals surface area contributed by atoms with E-state index in [-0.39, 0.29) is 0 Å². The Hall–Kier alpha value is -0.120. The van der Waals surface area contributed by atoms with E-state index in [9.17, 15) is 0 Å². The number of fused-ring (bicyclic) bond motifs is 2. The minimum Gasteiger partial charge on any atom is -0.313 e. The zero-order chi connectivity index (χ0) is 13.2. The maximum absolute atomic E-state index is 3.81. The van der Waals surface area contributed by atoms with Crippen LogP contribution in [-0.4, -0.2) is 62.2 Å². The summed E-state index contributed by atoms with van der Waals surface area (Å²) in [6, 6.07) is 0.739. The first-order chi connectivity index (χ1) is 9.22. The number of hydrogen-bond donors (Lipinski definition) is 1. The number of likely N-dealkylation sites (N-methyl/N-ethyl adjacent to an activating group) is 1. The Morgan fingerprint density at radius 2 is 1.89 bits per heavy atom. The zero-order valence-electron chi connectivity index (χ0n) is 12.8. The van der Waals surface area contributed by atoms with Gasteiger partial charge in [0.25, 0.3) is 0 Å². The van der Waals surface area contributed by atoms with Crippen molar-refractivity contribution in [1.29, 1.82) is 0 Å². The lowest BCUT2D eigenvalue weighted by molar-refractivity contribution is 0.151. The van der Waals surface area contributed by atoms with Gasteiger partial charge in [0, 0.05) is 45.3 Å². The third-order valence-corrected chi connectivity index (χ3v) is 5.93. The summed E-state index contributed by atoms with van der Waals surface area (Å²) in [5, 5.41) is 3.81. The molecule has 4 unspecified atom stereocenters. The lowest BCUT2D eigenvalue weighted by atomic mass is 9.84. The summed E-state index contributed by atoms with van der Waals surface area (Å²) in [6.45, 7) is 9.82. The van der Waals surface area contributed by atoms with Gasteiger partial charge in [0.1, 0.15) is 0 Å². The Kier molecular flexibility index (Phi) is 4.45. The van der Waals surface area contributed by atoms with Gasteiger partial charge in [0.05, 0.1) is 0 Å². The first kappa shape index (κ1) is 13.8. The fraction of sp³-hybridized carbons (Fsp3) is 1.00. The molecule has 3 nitrogen and oxygen atoms in total. The van der Waals surface area contributed by atoms with Crippen LogP contribution in [0.2, 0.25) is 0 Å². The van der Waals surface area contributed by atoms with Crippen LogP contribution < -0.4 is 5.32 Å². The molecule has 19 heavy (non-hydrogen) atoms. The number of nitrogens with zero attached hydrogens (tertiary/aromatic N) is 2. The van der Waals surface area contributed by atoms with Crippen LogP contribution in [0.3, 0.4) is 0 Å². The van der Waals surface area contributed by atoms with Crippen LogP contribution in [0.25, 0.3) is 0 Å². The molecule has 0 aromatic heterocycles. The highest BCUT2D eigenvalue weighted by Crippen LogP contribution is 2.49. The lowest BCUT2D eigenvalue weighted by Gasteiger charge is -2.33. The van der Waals surface area contributed by atoms with Crippen LogP contribution in [-0.2, 0) is 0 Å². The molecule has 0 aromatic carbocycles. The van der Waals surface area contributed by atoms with Gasteiger partial charge in [0.2, 0.25) is 0 Å². The van der Waals surface area contributed by atoms with Gasteiger partial charge in [-0.3, -0.25) is 4.90 Å². The summed E-state index contributed by atoms with van der Waals surface area (Å²) < 4.78 is 0. The second kappa shape index (κ2) is 6.11. The molecule has 2 saturated carbocycles. The Bertz CT molecular complexity index is 286. The van der Waals surface area contributed by atoms with Gasteiger partial charge >= 0.3 is 0 Å². The Labute approximate surface area is 118 Å². The van der Waals surface area contributed by atoms with E-state index in [0.29, 0.717) is 0 Å². The van der Waals surface area contributed by atoms with E-state index in [1.54, 1.807) is 0 Å². The van der Waals surface area contributed by atoms with Crippen molar-refractivity contribution in [2.45, 2.75) is 38.6 Å². The molecule has 2 bridgehead atoms. The van der Waals surface area contributed by atoms with Crippen molar-refractivity contribution >= 4 is 0 Å². The highest BCUT2D eigenvalue weighted by atomic mass is 15.2. The summed E-state index contributed by atoms with van der Waals surface area (Å²) in [4.78, 5) is 5.04. The number of rotatable bonds is 5. The first-order valence-electron chi connectivity index (χ1n) is 8.36. The largest absolute Gasteiger partial charge is 0.313 e. The van der Waals surface area contributed by atoms with Gasteiger partial charge in [-0.05, 0) is 51.0 Å². The number of nitrogens with one attached hydrogen (secondary N) is 1. The maximum atomic E-state index is 3.81. The minimum atomic E-state index is 0.739. The average Bonchev–Trinajstić information content (AvgIpc) is 3.03. The first-order valence-corrected chi connectivity index (χ1v) is 8.36. The Morgan fingerprint density at radius 1 is 1.11 bits per heavy atom. The van der Waals surface area contributed by atoms with Gasteiger partial charge in [-0.1, -0.05) is 6.42 Å². The van der Waals surface area contributed by atoms with E-state index in [1.807, 2.05) is 0 Å². The van der Waals surface area contributed by atoms with E-state index in [1.165, 1.54) is 65.0 Å². The SMILES string of the molecule is CC(NCCN1CCN(C)CC1)C1CC2CCC1C2. The van der Waals surface area contributed by atoms with Crippen molar-refractivity contribution in [3.8, 4) is 0 Å². The Balaban J connectivity index is 1.34. The molecule has 0 radical (unpaired) electrons. The van der Waals surface area contributed by atoms with Gasteiger partial charge in [-0.2, -0.15) is 0 Å². The van der Waals surface area contributed by atoms with Crippen molar-refractivity contribution in [3.63, 3.8) is 0 Å². The summed E-state index contributed by atoms with van der Waals surface area (Å²) in [5.41, 5.74) is 0. The van der Waals surface area contributed by atoms with E-state index in [4.69, 9.17) is 0 Å². The molecule has 1 aliphatic heterocycles. The van der Waals surface area contributed by atoms with Crippen molar-refractivity contribution in [2.75, 3.05) is 46.3 Å². The topological polar surface area (TPSA) is 18.5 Å². The molecule has 2 aliphatic carbocycles. The maximum Gasteiger partial charge on any atom is 0.0110 e. The third kappa shape index (κ3) is 3.32. The van der Waals surface area contributed by atoms with Crippen LogP contribution in [0.4, 0.5) is 0 Å². The standard InChI is InChI=1S/C16H31N3/c1-13(16-12-14-3-4-15(16)11-14)17-5-6-19-9-7-18(2)8-10-19/h13-17H,3-12H2,1-2H3. The van der Waals surface area contributed by atoms with E-state index < -0.39 is 0 Å². The smallest absolute Gasteiger partial charge is 0.0110 e. The molecule has 3 rings (SSSR count). The van der Waals surface area contributed by atoms with Crippen molar-refractivity contribution < 1.29 is 0 Å². The molecule has 3 heteroatoms. The second-order valence-corrected chi connectivity index (χ2v) is 7.23. The summed E-state index contributed by atoms with van der Waals surface area (Å²) >= 11 is 0. The molecule has 0 aromatic rings. The molecule has 110 valence electrons. The summed E-state index contributed by atoms with van der Waals surface area (Å²) in [7, 11) is 2.23. The van der Waals surface area contributed by atoms with Gasteiger partial charge in [-0.15, -0.1) is 0 Å². The quantitative estimate of drug-likeness (QED) is 0.815. The Morgan fingerprint density at radius 3 is 2.53 bits per heavy atom. The van der Waals surface area contributed by atoms with Crippen molar-refractivity contribution in [1.82, 2.24) is 15.1 Å². The van der Waals surface area contributed by atoms with Crippen LogP contribution in [0.5, 0.6) is 0 Å². The molecule has 1 heterocycles. The molecular weight excluding hydrogens is 234 g/mol. The van der Waals surface area contributed by atoms with E-state index in [0.717, 1.165) is 23.8 Å². The molecule has 1 saturated heterocycles. The predicted octanol–water partition coefficient (Wildman–Crippen LogP) is 1.65. The van der Waals surface area contributed by atoms with Crippen LogP contribution in [0, 0.1) is 17.8 Å². The van der Waals surface area contributed by atoms with Gasteiger partial charge in [-0.25, -0.2) is 0 Å². The molecule has 4 atom stereocenters. The van der Waals surface area contributed by atoms with Crippen LogP contribution in [0.1, 0.15) is 32.6 Å². The average molecular weight is 265 g/mol. The lowest BCUT2D eigenvalue weighted by Crippen LogP contribution is -2.47. The highest BCUT2D eigenvalue weighted by Gasteiger charge is 2.41. The normalized spacial score (nSPS) is 37.9. The van der Waals surface area contributed by atoms with Crippen molar-refractivity contribution in [2.24, 2.45) is 17.8 Å². The van der Waals surface area contributed by atoms with E-state index in [2.05, 4.69) is 29.1 Å². The minimum absolute atomic E-state index is 0.739. The van der Waals surface area contributed by atoms with Crippen molar-refractivity contribution in [3.05, 3.63) is 0 Å².